The summed E-state index contributed by atoms with van der Waals surface area (Å²) in [5, 5.41) is 3.02. The second-order valence-corrected chi connectivity index (χ2v) is 7.66. The van der Waals surface area contributed by atoms with Crippen molar-refractivity contribution in [2.75, 3.05) is 11.9 Å². The number of carbonyl (C=O) groups is 2. The largest absolute Gasteiger partial charge is 0.329 e. The minimum absolute atomic E-state index is 0.0582. The molecule has 2 atom stereocenters. The van der Waals surface area contributed by atoms with Crippen LogP contribution in [0.3, 0.4) is 0 Å². The van der Waals surface area contributed by atoms with Crippen molar-refractivity contribution in [3.05, 3.63) is 76.5 Å². The van der Waals surface area contributed by atoms with E-state index in [0.717, 1.165) is 16.8 Å². The summed E-state index contributed by atoms with van der Waals surface area (Å²) in [6.45, 7) is 0.498. The monoisotopic (exact) mass is 376 g/mol. The Labute approximate surface area is 159 Å². The summed E-state index contributed by atoms with van der Waals surface area (Å²) in [5.74, 6) is -0.155. The Bertz CT molecular complexity index is 1020. The summed E-state index contributed by atoms with van der Waals surface area (Å²) in [6, 6.07) is 11.1. The first kappa shape index (κ1) is 16.1. The lowest BCUT2D eigenvalue weighted by molar-refractivity contribution is -0.121. The Hall–Kier alpha value is -3.06. The fraction of sp³-hybridized carbons (Fsp3) is 0.200. The molecular formula is C20H16N4O2S. The van der Waals surface area contributed by atoms with Gasteiger partial charge in [-0.25, -0.2) is 0 Å². The van der Waals surface area contributed by atoms with E-state index in [-0.39, 0.29) is 11.8 Å². The highest BCUT2D eigenvalue weighted by molar-refractivity contribution is 7.11. The van der Waals surface area contributed by atoms with Crippen molar-refractivity contribution in [3.8, 4) is 0 Å². The van der Waals surface area contributed by atoms with E-state index in [1.807, 2.05) is 36.4 Å². The van der Waals surface area contributed by atoms with Crippen molar-refractivity contribution >= 4 is 28.8 Å². The minimum Gasteiger partial charge on any atom is -0.329 e. The zero-order chi connectivity index (χ0) is 18.4. The minimum atomic E-state index is -0.806. The van der Waals surface area contributed by atoms with Crippen LogP contribution < -0.4 is 5.32 Å². The number of fused-ring (bicyclic) bond motifs is 2. The molecule has 3 aromatic rings. The van der Waals surface area contributed by atoms with Crippen molar-refractivity contribution < 1.29 is 9.59 Å². The maximum absolute atomic E-state index is 13.2. The van der Waals surface area contributed by atoms with Crippen LogP contribution in [0.1, 0.15) is 33.3 Å². The predicted octanol–water partition coefficient (Wildman–Crippen LogP) is 3.02. The normalized spacial score (nSPS) is 23.5. The van der Waals surface area contributed by atoms with Gasteiger partial charge in [0.25, 0.3) is 5.91 Å². The van der Waals surface area contributed by atoms with Crippen molar-refractivity contribution in [3.63, 3.8) is 0 Å². The SMILES string of the molecule is O=C(c1cncs1)N1CCC2(C(=O)Nc3ccccc32)C1c1cccnc1. The molecule has 0 aliphatic carbocycles. The molecule has 6 nitrogen and oxygen atoms in total. The summed E-state index contributed by atoms with van der Waals surface area (Å²) in [5.41, 5.74) is 3.47. The molecule has 1 N–H and O–H groups in total. The summed E-state index contributed by atoms with van der Waals surface area (Å²) in [4.78, 5) is 37.1. The van der Waals surface area contributed by atoms with Crippen molar-refractivity contribution in [1.29, 1.82) is 0 Å². The van der Waals surface area contributed by atoms with Gasteiger partial charge in [-0.1, -0.05) is 24.3 Å². The van der Waals surface area contributed by atoms with Gasteiger partial charge < -0.3 is 10.2 Å². The highest BCUT2D eigenvalue weighted by Gasteiger charge is 2.59. The second-order valence-electron chi connectivity index (χ2n) is 6.77. The highest BCUT2D eigenvalue weighted by Crippen LogP contribution is 2.54. The van der Waals surface area contributed by atoms with Crippen LogP contribution in [0.25, 0.3) is 0 Å². The molecule has 2 amide bonds. The van der Waals surface area contributed by atoms with Crippen LogP contribution in [0.2, 0.25) is 0 Å². The van der Waals surface area contributed by atoms with Crippen molar-refractivity contribution in [2.24, 2.45) is 0 Å². The van der Waals surface area contributed by atoms with Crippen molar-refractivity contribution in [1.82, 2.24) is 14.9 Å². The lowest BCUT2D eigenvalue weighted by Crippen LogP contribution is -2.42. The zero-order valence-electron chi connectivity index (χ0n) is 14.3. The van der Waals surface area contributed by atoms with E-state index in [1.54, 1.807) is 29.0 Å². The third-order valence-corrected chi connectivity index (χ3v) is 6.25. The molecule has 0 bridgehead atoms. The first-order chi connectivity index (χ1) is 13.2. The molecule has 1 saturated heterocycles. The molecule has 1 fully saturated rings. The number of aromatic nitrogens is 2. The van der Waals surface area contributed by atoms with E-state index in [1.165, 1.54) is 11.3 Å². The van der Waals surface area contributed by atoms with E-state index in [9.17, 15) is 9.59 Å². The van der Waals surface area contributed by atoms with E-state index >= 15 is 0 Å². The predicted molar refractivity (Wildman–Crippen MR) is 101 cm³/mol. The smallest absolute Gasteiger partial charge is 0.266 e. The molecule has 5 rings (SSSR count). The number of hydrogen-bond acceptors (Lipinski definition) is 5. The first-order valence-corrected chi connectivity index (χ1v) is 9.60. The van der Waals surface area contributed by atoms with E-state index < -0.39 is 11.5 Å². The third kappa shape index (κ3) is 2.24. The summed E-state index contributed by atoms with van der Waals surface area (Å²) < 4.78 is 0. The lowest BCUT2D eigenvalue weighted by atomic mass is 9.73. The highest BCUT2D eigenvalue weighted by atomic mass is 32.1. The number of nitrogens with one attached hydrogen (secondary N) is 1. The Morgan fingerprint density at radius 1 is 1.19 bits per heavy atom. The van der Waals surface area contributed by atoms with Crippen LogP contribution >= 0.6 is 11.3 Å². The standard InChI is InChI=1S/C20H16N4O2S/c25-18(16-11-22-12-27-16)24-9-7-20(17(24)13-4-3-8-21-10-13)14-5-1-2-6-15(14)23-19(20)26/h1-6,8,10-12,17H,7,9H2,(H,23,26). The average molecular weight is 376 g/mol. The molecule has 7 heteroatoms. The molecular weight excluding hydrogens is 360 g/mol. The van der Waals surface area contributed by atoms with Gasteiger partial charge in [-0.3, -0.25) is 19.6 Å². The van der Waals surface area contributed by atoms with Crippen LogP contribution in [0.15, 0.2) is 60.5 Å². The Balaban J connectivity index is 1.69. The van der Waals surface area contributed by atoms with Gasteiger partial charge in [0.15, 0.2) is 0 Å². The first-order valence-electron chi connectivity index (χ1n) is 8.72. The van der Waals surface area contributed by atoms with Crippen LogP contribution in [0.4, 0.5) is 5.69 Å². The Morgan fingerprint density at radius 3 is 2.85 bits per heavy atom. The lowest BCUT2D eigenvalue weighted by Gasteiger charge is -2.34. The number of rotatable bonds is 2. The van der Waals surface area contributed by atoms with Gasteiger partial charge in [0.1, 0.15) is 10.3 Å². The molecule has 27 heavy (non-hydrogen) atoms. The number of benzene rings is 1. The molecule has 0 saturated carbocycles. The Morgan fingerprint density at radius 2 is 2.07 bits per heavy atom. The van der Waals surface area contributed by atoms with Crippen LogP contribution in [0, 0.1) is 0 Å². The second kappa shape index (κ2) is 5.99. The third-order valence-electron chi connectivity index (χ3n) is 5.49. The Kier molecular flexibility index (Phi) is 3.58. The number of amides is 2. The van der Waals surface area contributed by atoms with Gasteiger partial charge in [-0.05, 0) is 29.7 Å². The summed E-state index contributed by atoms with van der Waals surface area (Å²) in [6.07, 6.45) is 5.60. The number of likely N-dealkylation sites (tertiary alicyclic amines) is 1. The molecule has 4 heterocycles. The molecule has 0 radical (unpaired) electrons. The van der Waals surface area contributed by atoms with Gasteiger partial charge in [0.2, 0.25) is 5.91 Å². The van der Waals surface area contributed by atoms with Crippen molar-refractivity contribution in [2.45, 2.75) is 17.9 Å². The summed E-state index contributed by atoms with van der Waals surface area (Å²) in [7, 11) is 0. The maximum atomic E-state index is 13.2. The number of hydrogen-bond donors (Lipinski definition) is 1. The van der Waals surface area contributed by atoms with E-state index in [0.29, 0.717) is 17.8 Å². The van der Waals surface area contributed by atoms with Crippen LogP contribution in [-0.2, 0) is 10.2 Å². The van der Waals surface area contributed by atoms with Gasteiger partial charge in [0, 0.05) is 24.6 Å². The van der Waals surface area contributed by atoms with Gasteiger partial charge in [-0.2, -0.15) is 0 Å². The molecule has 1 aromatic carbocycles. The molecule has 134 valence electrons. The zero-order valence-corrected chi connectivity index (χ0v) is 15.1. The quantitative estimate of drug-likeness (QED) is 0.746. The molecule has 2 aliphatic heterocycles. The van der Waals surface area contributed by atoms with Gasteiger partial charge >= 0.3 is 0 Å². The van der Waals surface area contributed by atoms with Gasteiger partial charge in [-0.15, -0.1) is 11.3 Å². The number of thiazole rings is 1. The fourth-order valence-corrected chi connectivity index (χ4v) is 4.94. The molecule has 2 aromatic heterocycles. The fourth-order valence-electron chi connectivity index (χ4n) is 4.37. The van der Waals surface area contributed by atoms with Crippen LogP contribution in [0.5, 0.6) is 0 Å². The molecule has 2 aliphatic rings. The van der Waals surface area contributed by atoms with E-state index in [2.05, 4.69) is 15.3 Å². The number of pyridine rings is 1. The number of nitrogens with zero attached hydrogens (tertiary/aromatic N) is 3. The van der Waals surface area contributed by atoms with Gasteiger partial charge in [0.05, 0.1) is 17.7 Å². The average Bonchev–Trinajstić information content (AvgIpc) is 3.42. The topological polar surface area (TPSA) is 75.2 Å². The van der Waals surface area contributed by atoms with Crippen LogP contribution in [-0.4, -0.2) is 33.2 Å². The maximum Gasteiger partial charge on any atom is 0.266 e. The number of carbonyl (C=O) groups excluding carboxylic acids is 2. The van der Waals surface area contributed by atoms with E-state index in [4.69, 9.17) is 0 Å². The molecule has 2 unspecified atom stereocenters. The number of anilines is 1. The molecule has 1 spiro atoms. The summed E-state index contributed by atoms with van der Waals surface area (Å²) >= 11 is 1.31. The number of para-hydroxylation sites is 1.